The van der Waals surface area contributed by atoms with Gasteiger partial charge >= 0.3 is 0 Å². The van der Waals surface area contributed by atoms with Crippen molar-refractivity contribution < 1.29 is 4.58 Å². The highest BCUT2D eigenvalue weighted by Gasteiger charge is 2.10. The molecular weight excluding hydrogens is 196 g/mol. The van der Waals surface area contributed by atoms with Crippen molar-refractivity contribution in [2.75, 3.05) is 13.1 Å². The number of hydrogen-bond donors (Lipinski definition) is 1. The first-order chi connectivity index (χ1) is 7.60. The van der Waals surface area contributed by atoms with E-state index in [1.807, 2.05) is 0 Å². The fraction of sp³-hybridized carbons (Fsp3) is 0.929. The average Bonchev–Trinajstić information content (AvgIpc) is 2.25. The Hall–Kier alpha value is -0.370. The van der Waals surface area contributed by atoms with Gasteiger partial charge in [0, 0.05) is 25.3 Å². The monoisotopic (exact) mass is 227 g/mol. The minimum Gasteiger partial charge on any atom is -0.328 e. The molecule has 0 fully saturated rings. The normalized spacial score (nSPS) is 16.2. The fourth-order valence-electron chi connectivity index (χ4n) is 1.93. The molecule has 0 saturated heterocycles. The van der Waals surface area contributed by atoms with Crippen LogP contribution in [0.25, 0.3) is 0 Å². The van der Waals surface area contributed by atoms with Crippen LogP contribution in [0.3, 0.4) is 0 Å². The van der Waals surface area contributed by atoms with E-state index in [9.17, 15) is 0 Å². The van der Waals surface area contributed by atoms with E-state index in [2.05, 4.69) is 38.5 Å². The van der Waals surface area contributed by atoms with Crippen molar-refractivity contribution in [3.63, 3.8) is 0 Å². The minimum absolute atomic E-state index is 0.349. The molecule has 0 saturated carbocycles. The van der Waals surface area contributed by atoms with Gasteiger partial charge in [-0.1, -0.05) is 20.3 Å². The molecule has 0 radical (unpaired) electrons. The van der Waals surface area contributed by atoms with Gasteiger partial charge in [-0.3, -0.25) is 0 Å². The summed E-state index contributed by atoms with van der Waals surface area (Å²) >= 11 is 0. The van der Waals surface area contributed by atoms with Crippen LogP contribution in [0.15, 0.2) is 0 Å². The molecule has 0 aliphatic heterocycles. The van der Waals surface area contributed by atoms with Gasteiger partial charge in [0.25, 0.3) is 0 Å². The molecule has 0 amide bonds. The third-order valence-electron chi connectivity index (χ3n) is 3.08. The van der Waals surface area contributed by atoms with E-state index in [4.69, 9.17) is 5.73 Å². The number of hydrogen-bond acceptors (Lipinski definition) is 1. The Morgan fingerprint density at radius 3 is 2.38 bits per heavy atom. The highest BCUT2D eigenvalue weighted by atomic mass is 15.0. The van der Waals surface area contributed by atoms with Crippen LogP contribution in [0.4, 0.5) is 0 Å². The van der Waals surface area contributed by atoms with Crippen molar-refractivity contribution in [2.45, 2.75) is 65.8 Å². The summed E-state index contributed by atoms with van der Waals surface area (Å²) in [5.74, 6) is 0.754. The molecule has 2 N–H and O–H groups in total. The zero-order valence-electron chi connectivity index (χ0n) is 11.7. The second kappa shape index (κ2) is 9.83. The molecule has 0 aromatic rings. The van der Waals surface area contributed by atoms with Crippen molar-refractivity contribution >= 4 is 6.21 Å². The van der Waals surface area contributed by atoms with Gasteiger partial charge in [0.15, 0.2) is 0 Å². The average molecular weight is 227 g/mol. The Morgan fingerprint density at radius 2 is 1.88 bits per heavy atom. The van der Waals surface area contributed by atoms with Crippen molar-refractivity contribution in [3.8, 4) is 0 Å². The molecule has 0 aromatic carbocycles. The van der Waals surface area contributed by atoms with Crippen molar-refractivity contribution in [3.05, 3.63) is 0 Å². The lowest BCUT2D eigenvalue weighted by Crippen LogP contribution is -2.23. The van der Waals surface area contributed by atoms with Crippen LogP contribution >= 0.6 is 0 Å². The van der Waals surface area contributed by atoms with Gasteiger partial charge < -0.3 is 5.73 Å². The minimum atomic E-state index is 0.349. The van der Waals surface area contributed by atoms with Gasteiger partial charge in [-0.05, 0) is 26.2 Å². The van der Waals surface area contributed by atoms with Crippen LogP contribution in [0.5, 0.6) is 0 Å². The summed E-state index contributed by atoms with van der Waals surface area (Å²) in [5.41, 5.74) is 5.78. The van der Waals surface area contributed by atoms with Crippen molar-refractivity contribution in [2.24, 2.45) is 11.7 Å². The first kappa shape index (κ1) is 15.6. The Morgan fingerprint density at radius 1 is 1.19 bits per heavy atom. The van der Waals surface area contributed by atoms with Gasteiger partial charge in [-0.2, -0.15) is 0 Å². The molecule has 0 aromatic heterocycles. The predicted molar refractivity (Wildman–Crippen MR) is 73.3 cm³/mol. The van der Waals surface area contributed by atoms with E-state index in [0.29, 0.717) is 6.04 Å². The van der Waals surface area contributed by atoms with E-state index in [-0.39, 0.29) is 0 Å². The number of nitrogens with zero attached hydrogens (tertiary/aromatic N) is 1. The van der Waals surface area contributed by atoms with E-state index >= 15 is 0 Å². The smallest absolute Gasteiger partial charge is 0.145 e. The lowest BCUT2D eigenvalue weighted by Gasteiger charge is -2.12. The number of nitrogens with two attached hydrogens (primary N) is 1. The van der Waals surface area contributed by atoms with Crippen LogP contribution < -0.4 is 5.73 Å². The summed E-state index contributed by atoms with van der Waals surface area (Å²) in [7, 11) is 0. The molecule has 2 unspecified atom stereocenters. The van der Waals surface area contributed by atoms with Crippen molar-refractivity contribution in [1.82, 2.24) is 0 Å². The molecule has 0 spiro atoms. The van der Waals surface area contributed by atoms with Crippen LogP contribution in [0.1, 0.15) is 59.8 Å². The summed E-state index contributed by atoms with van der Waals surface area (Å²) in [5, 5.41) is 0. The maximum absolute atomic E-state index is 5.78. The molecule has 0 aliphatic carbocycles. The lowest BCUT2D eigenvalue weighted by atomic mass is 10.0. The maximum atomic E-state index is 5.78. The molecule has 16 heavy (non-hydrogen) atoms. The molecule has 2 heteroatoms. The quantitative estimate of drug-likeness (QED) is 0.366. The largest absolute Gasteiger partial charge is 0.328 e. The van der Waals surface area contributed by atoms with Gasteiger partial charge in [-0.25, -0.2) is 4.58 Å². The molecule has 0 rings (SSSR count). The fourth-order valence-corrected chi connectivity index (χ4v) is 1.93. The second-order valence-electron chi connectivity index (χ2n) is 5.12. The molecule has 96 valence electrons. The highest BCUT2D eigenvalue weighted by molar-refractivity contribution is 5.46. The highest BCUT2D eigenvalue weighted by Crippen LogP contribution is 2.08. The van der Waals surface area contributed by atoms with Gasteiger partial charge in [-0.15, -0.1) is 0 Å². The summed E-state index contributed by atoms with van der Waals surface area (Å²) < 4.78 is 2.46. The zero-order chi connectivity index (χ0) is 12.4. The maximum Gasteiger partial charge on any atom is 0.145 e. The van der Waals surface area contributed by atoms with E-state index in [1.54, 1.807) is 0 Å². The molecule has 0 heterocycles. The molecule has 0 aliphatic rings. The molecule has 0 bridgehead atoms. The van der Waals surface area contributed by atoms with Crippen molar-refractivity contribution in [1.29, 1.82) is 0 Å². The third-order valence-corrected chi connectivity index (χ3v) is 3.08. The topological polar surface area (TPSA) is 29.0 Å². The summed E-state index contributed by atoms with van der Waals surface area (Å²) in [6.45, 7) is 11.2. The van der Waals surface area contributed by atoms with E-state index < -0.39 is 0 Å². The van der Waals surface area contributed by atoms with Gasteiger partial charge in [0.05, 0.1) is 0 Å². The first-order valence-corrected chi connectivity index (χ1v) is 6.89. The summed E-state index contributed by atoms with van der Waals surface area (Å²) in [4.78, 5) is 0. The summed E-state index contributed by atoms with van der Waals surface area (Å²) in [6.07, 6.45) is 8.60. The van der Waals surface area contributed by atoms with Crippen LogP contribution in [-0.4, -0.2) is 29.9 Å². The number of unbranched alkanes of at least 4 members (excludes halogenated alkanes) is 2. The molecule has 2 atom stereocenters. The van der Waals surface area contributed by atoms with Gasteiger partial charge in [0.1, 0.15) is 19.3 Å². The Balaban J connectivity index is 3.75. The second-order valence-corrected chi connectivity index (χ2v) is 5.12. The van der Waals surface area contributed by atoms with Gasteiger partial charge in [0.2, 0.25) is 0 Å². The Labute approximate surface area is 102 Å². The Bertz CT molecular complexity index is 185. The van der Waals surface area contributed by atoms with Crippen LogP contribution in [-0.2, 0) is 0 Å². The molecule has 2 nitrogen and oxygen atoms in total. The predicted octanol–water partition coefficient (Wildman–Crippen LogP) is 3.04. The van der Waals surface area contributed by atoms with Crippen LogP contribution in [0.2, 0.25) is 0 Å². The summed E-state index contributed by atoms with van der Waals surface area (Å²) in [6, 6.07) is 0.349. The Kier molecular flexibility index (Phi) is 9.60. The number of rotatable bonds is 9. The van der Waals surface area contributed by atoms with Crippen LogP contribution in [0, 0.1) is 5.92 Å². The van der Waals surface area contributed by atoms with E-state index in [0.717, 1.165) is 12.3 Å². The first-order valence-electron chi connectivity index (χ1n) is 6.89. The third kappa shape index (κ3) is 8.90. The van der Waals surface area contributed by atoms with E-state index in [1.165, 1.54) is 38.8 Å². The SMILES string of the molecule is CC=[N+](CCCCC)CC(C)CCC(C)N. The standard InChI is InChI=1S/C14H31N2/c1-5-7-8-11-16(6-2)12-13(3)9-10-14(4)15/h6,13-14H,5,7-12,15H2,1-4H3/q+1. The lowest BCUT2D eigenvalue weighted by molar-refractivity contribution is -0.531. The molecular formula is C14H31N2+. The zero-order valence-corrected chi connectivity index (χ0v) is 11.7.